The molecule has 1 aromatic carbocycles. The van der Waals surface area contributed by atoms with E-state index in [1.165, 1.54) is 5.57 Å². The van der Waals surface area contributed by atoms with Crippen LogP contribution >= 0.6 is 0 Å². The number of hydrogen-bond acceptors (Lipinski definition) is 8. The van der Waals surface area contributed by atoms with E-state index in [0.29, 0.717) is 36.2 Å². The number of esters is 1. The van der Waals surface area contributed by atoms with Gasteiger partial charge in [0.1, 0.15) is 5.60 Å². The van der Waals surface area contributed by atoms with Crippen LogP contribution in [-0.4, -0.2) is 47.6 Å². The molecule has 0 radical (unpaired) electrons. The van der Waals surface area contributed by atoms with Crippen molar-refractivity contribution < 1.29 is 38.5 Å². The van der Waals surface area contributed by atoms with Crippen LogP contribution in [0.4, 0.5) is 0 Å². The number of ether oxygens (including phenoxy) is 3. The predicted octanol–water partition coefficient (Wildman–Crippen LogP) is 4.19. The molecule has 0 unspecified atom stereocenters. The number of allylic oxidation sites excluding steroid dienone is 1. The normalized spacial score (nSPS) is 34.5. The highest BCUT2D eigenvalue weighted by Gasteiger charge is 2.66. The minimum absolute atomic E-state index is 0.0230. The Morgan fingerprint density at radius 3 is 2.62 bits per heavy atom. The predicted molar refractivity (Wildman–Crippen MR) is 151 cm³/mol. The summed E-state index contributed by atoms with van der Waals surface area (Å²) in [5.74, 6) is 1.21. The first-order valence-electron chi connectivity index (χ1n) is 15.3. The lowest BCUT2D eigenvalue weighted by Crippen LogP contribution is -2.58. The molecule has 0 bridgehead atoms. The van der Waals surface area contributed by atoms with E-state index in [2.05, 4.69) is 12.2 Å². The first-order valence-corrected chi connectivity index (χ1v) is 15.3. The maximum absolute atomic E-state index is 13.4. The summed E-state index contributed by atoms with van der Waals surface area (Å²) in [6.45, 7) is 4.33. The van der Waals surface area contributed by atoms with E-state index in [0.717, 1.165) is 44.1 Å². The van der Waals surface area contributed by atoms with Crippen molar-refractivity contribution in [2.24, 2.45) is 28.6 Å². The van der Waals surface area contributed by atoms with Crippen LogP contribution in [0.2, 0.25) is 0 Å². The third-order valence-electron chi connectivity index (χ3n) is 11.4. The van der Waals surface area contributed by atoms with Gasteiger partial charge >= 0.3 is 5.97 Å². The molecule has 9 heteroatoms. The van der Waals surface area contributed by atoms with Gasteiger partial charge in [0.2, 0.25) is 18.5 Å². The molecule has 1 heterocycles. The summed E-state index contributed by atoms with van der Waals surface area (Å²) in [6, 6.07) is 5.42. The van der Waals surface area contributed by atoms with Gasteiger partial charge in [0.05, 0.1) is 6.42 Å². The minimum Gasteiger partial charge on any atom is -0.458 e. The summed E-state index contributed by atoms with van der Waals surface area (Å²) in [6.07, 6.45) is 7.83. The summed E-state index contributed by atoms with van der Waals surface area (Å²) in [7, 11) is 0. The summed E-state index contributed by atoms with van der Waals surface area (Å²) < 4.78 is 15.9. The molecule has 1 aromatic rings. The molecule has 3 saturated carbocycles. The van der Waals surface area contributed by atoms with Crippen LogP contribution in [0, 0.1) is 28.6 Å². The number of nitrogens with one attached hydrogen (secondary N) is 1. The molecular formula is C33H41NO8. The summed E-state index contributed by atoms with van der Waals surface area (Å²) >= 11 is 0. The number of fused-ring (bicyclic) bond motifs is 6. The van der Waals surface area contributed by atoms with Crippen molar-refractivity contribution >= 4 is 23.4 Å². The van der Waals surface area contributed by atoms with Crippen LogP contribution in [0.25, 0.3) is 0 Å². The maximum atomic E-state index is 13.4. The molecule has 0 saturated heterocycles. The van der Waals surface area contributed by atoms with Crippen molar-refractivity contribution in [2.45, 2.75) is 90.2 Å². The average Bonchev–Trinajstić information content (AvgIpc) is 3.56. The molecule has 4 aliphatic carbocycles. The molecule has 1 amide bonds. The fourth-order valence-electron chi connectivity index (χ4n) is 8.93. The van der Waals surface area contributed by atoms with Gasteiger partial charge in [-0.15, -0.1) is 0 Å². The van der Waals surface area contributed by atoms with Crippen LogP contribution in [0.1, 0.15) is 83.6 Å². The second-order valence-corrected chi connectivity index (χ2v) is 13.4. The van der Waals surface area contributed by atoms with E-state index >= 15 is 0 Å². The Balaban J connectivity index is 0.998. The Hall–Kier alpha value is -3.20. The van der Waals surface area contributed by atoms with Gasteiger partial charge in [-0.2, -0.15) is 0 Å². The number of Topliss-reactive ketones (excluding diaryl/α,β-unsaturated/α-hetero) is 1. The number of hydrogen-bond donors (Lipinski definition) is 2. The van der Waals surface area contributed by atoms with Crippen molar-refractivity contribution in [2.75, 3.05) is 13.4 Å². The molecule has 1 aliphatic heterocycles. The summed E-state index contributed by atoms with van der Waals surface area (Å²) in [5.41, 5.74) is 0.0505. The van der Waals surface area contributed by atoms with E-state index in [4.69, 9.17) is 14.2 Å². The van der Waals surface area contributed by atoms with Crippen molar-refractivity contribution in [3.05, 3.63) is 35.4 Å². The Kier molecular flexibility index (Phi) is 7.44. The van der Waals surface area contributed by atoms with E-state index in [1.807, 2.05) is 19.1 Å². The Morgan fingerprint density at radius 2 is 1.79 bits per heavy atom. The fourth-order valence-corrected chi connectivity index (χ4v) is 8.93. The highest BCUT2D eigenvalue weighted by molar-refractivity contribution is 5.92. The first kappa shape index (κ1) is 28.9. The molecule has 2 N–H and O–H groups in total. The molecule has 6 rings (SSSR count). The van der Waals surface area contributed by atoms with E-state index in [1.54, 1.807) is 12.1 Å². The molecule has 0 spiro atoms. The monoisotopic (exact) mass is 579 g/mol. The third kappa shape index (κ3) is 4.83. The van der Waals surface area contributed by atoms with Gasteiger partial charge in [-0.1, -0.05) is 25.5 Å². The highest BCUT2D eigenvalue weighted by atomic mass is 16.7. The van der Waals surface area contributed by atoms with E-state index in [-0.39, 0.29) is 49.2 Å². The van der Waals surface area contributed by atoms with Crippen LogP contribution in [0.15, 0.2) is 29.8 Å². The zero-order chi connectivity index (χ0) is 29.7. The molecule has 6 atom stereocenters. The van der Waals surface area contributed by atoms with Crippen molar-refractivity contribution in [1.29, 1.82) is 0 Å². The van der Waals surface area contributed by atoms with Crippen molar-refractivity contribution in [3.8, 4) is 11.5 Å². The topological polar surface area (TPSA) is 128 Å². The van der Waals surface area contributed by atoms with Gasteiger partial charge in [-0.3, -0.25) is 19.2 Å². The van der Waals surface area contributed by atoms with Crippen LogP contribution in [-0.2, 0) is 30.5 Å². The van der Waals surface area contributed by atoms with E-state index in [9.17, 15) is 24.3 Å². The maximum Gasteiger partial charge on any atom is 0.306 e. The number of amides is 1. The Morgan fingerprint density at radius 1 is 1.00 bits per heavy atom. The molecule has 0 aromatic heterocycles. The summed E-state index contributed by atoms with van der Waals surface area (Å²) in [4.78, 5) is 50.2. The fraction of sp³-hybridized carbons (Fsp3) is 0.636. The lowest BCUT2D eigenvalue weighted by atomic mass is 9.46. The van der Waals surface area contributed by atoms with Gasteiger partial charge in [0.25, 0.3) is 0 Å². The molecule has 9 nitrogen and oxygen atoms in total. The zero-order valence-corrected chi connectivity index (χ0v) is 24.5. The highest BCUT2D eigenvalue weighted by Crippen LogP contribution is 2.67. The molecule has 3 fully saturated rings. The van der Waals surface area contributed by atoms with Crippen molar-refractivity contribution in [3.63, 3.8) is 0 Å². The number of carbonyl (C=O) groups excluding carboxylic acids is 4. The van der Waals surface area contributed by atoms with E-state index < -0.39 is 29.4 Å². The van der Waals surface area contributed by atoms with Crippen LogP contribution < -0.4 is 14.8 Å². The quantitative estimate of drug-likeness (QED) is 0.439. The standard InChI is InChI=1S/C33H41NO8/c1-31-12-9-22(35)16-21(31)4-5-23-24(31)10-13-32(2)25(23)11-14-33(32,39)28(36)18-40-30(38)8-7-29(37)34-17-20-3-6-26-27(15-20)42-19-41-26/h3,6,15-16,23-25,39H,4-5,7-14,17-19H2,1-2H3,(H,34,37)/t23-,24+,25+,31+,32+,33+/m1/s1. The SMILES string of the molecule is C[C@]12CCC(=O)C=C1CC[C@@H]1[C@@H]2CC[C@@]2(C)[C@H]1CC[C@]2(O)C(=O)COC(=O)CCC(=O)NCc1ccc2c(c1)OCO2. The van der Waals surface area contributed by atoms with Gasteiger partial charge < -0.3 is 24.6 Å². The Bertz CT molecular complexity index is 1340. The van der Waals surface area contributed by atoms with Gasteiger partial charge in [-0.05, 0) is 91.9 Å². The number of benzene rings is 1. The largest absolute Gasteiger partial charge is 0.458 e. The summed E-state index contributed by atoms with van der Waals surface area (Å²) in [5, 5.41) is 14.6. The number of aliphatic hydroxyl groups is 1. The molecule has 226 valence electrons. The second-order valence-electron chi connectivity index (χ2n) is 13.4. The Labute approximate surface area is 246 Å². The number of rotatable bonds is 8. The molecule has 42 heavy (non-hydrogen) atoms. The van der Waals surface area contributed by atoms with Crippen LogP contribution in [0.3, 0.4) is 0 Å². The average molecular weight is 580 g/mol. The van der Waals surface area contributed by atoms with Crippen LogP contribution in [0.5, 0.6) is 11.5 Å². The lowest BCUT2D eigenvalue weighted by Gasteiger charge is -2.58. The minimum atomic E-state index is -1.54. The molecular weight excluding hydrogens is 538 g/mol. The van der Waals surface area contributed by atoms with Gasteiger partial charge in [0.15, 0.2) is 23.9 Å². The second kappa shape index (κ2) is 10.8. The zero-order valence-electron chi connectivity index (χ0n) is 24.5. The van der Waals surface area contributed by atoms with Crippen molar-refractivity contribution in [1.82, 2.24) is 5.32 Å². The van der Waals surface area contributed by atoms with Gasteiger partial charge in [0, 0.05) is 24.8 Å². The van der Waals surface area contributed by atoms with Gasteiger partial charge in [-0.25, -0.2) is 0 Å². The lowest BCUT2D eigenvalue weighted by molar-refractivity contribution is -0.170. The third-order valence-corrected chi connectivity index (χ3v) is 11.4. The molecule has 5 aliphatic rings. The number of ketones is 2. The number of carbonyl (C=O) groups is 4. The smallest absolute Gasteiger partial charge is 0.306 e. The first-order chi connectivity index (χ1) is 20.0.